The molecule has 1 amide bonds. The van der Waals surface area contributed by atoms with Crippen molar-refractivity contribution in [2.24, 2.45) is 0 Å². The topological polar surface area (TPSA) is 79.4 Å². The van der Waals surface area contributed by atoms with Gasteiger partial charge in [-0.2, -0.15) is 0 Å². The zero-order valence-corrected chi connectivity index (χ0v) is 20.5. The van der Waals surface area contributed by atoms with Gasteiger partial charge in [0.2, 0.25) is 5.91 Å². The lowest BCUT2D eigenvalue weighted by Crippen LogP contribution is -2.49. The van der Waals surface area contributed by atoms with E-state index in [-0.39, 0.29) is 39.8 Å². The lowest BCUT2D eigenvalue weighted by atomic mass is 9.96. The molecule has 2 saturated heterocycles. The van der Waals surface area contributed by atoms with Crippen molar-refractivity contribution in [1.29, 1.82) is 0 Å². The van der Waals surface area contributed by atoms with Crippen molar-refractivity contribution in [2.45, 2.75) is 43.8 Å². The van der Waals surface area contributed by atoms with Crippen molar-refractivity contribution in [3.63, 3.8) is 0 Å². The number of carbonyl (C=O) groups excluding carboxylic acids is 1. The number of hydrogen-bond donors (Lipinski definition) is 2. The minimum absolute atomic E-state index is 0.00151. The number of nitrogens with one attached hydrogen (secondary N) is 2. The molecule has 3 aromatic rings. The molecule has 0 unspecified atom stereocenters. The van der Waals surface area contributed by atoms with E-state index in [0.717, 1.165) is 31.4 Å². The molecule has 1 aromatic heterocycles. The number of anilines is 3. The fraction of sp³-hybridized carbons (Fsp3) is 0.320. The van der Waals surface area contributed by atoms with Crippen LogP contribution in [0.1, 0.15) is 25.7 Å². The Labute approximate surface area is 212 Å². The van der Waals surface area contributed by atoms with Crippen LogP contribution in [0, 0.1) is 5.82 Å². The number of carbonyl (C=O) groups is 1. The van der Waals surface area contributed by atoms with Crippen LogP contribution in [0.3, 0.4) is 0 Å². The van der Waals surface area contributed by atoms with Gasteiger partial charge in [-0.3, -0.25) is 4.79 Å². The molecule has 0 saturated carbocycles. The Hall–Kier alpha value is -3.10. The number of benzene rings is 2. The number of hydrogen-bond acceptors (Lipinski definition) is 6. The van der Waals surface area contributed by atoms with Crippen molar-refractivity contribution in [3.05, 3.63) is 59.1 Å². The molecule has 2 fully saturated rings. The van der Waals surface area contributed by atoms with Crippen LogP contribution < -0.4 is 15.4 Å². The normalized spacial score (nSPS) is 21.1. The maximum Gasteiger partial charge on any atom is 0.246 e. The Bertz CT molecular complexity index is 1310. The summed E-state index contributed by atoms with van der Waals surface area (Å²) in [5.41, 5.74) is 1.57. The van der Waals surface area contributed by atoms with E-state index in [1.165, 1.54) is 24.5 Å². The summed E-state index contributed by atoms with van der Waals surface area (Å²) in [7, 11) is 1.60. The van der Waals surface area contributed by atoms with E-state index in [9.17, 15) is 9.18 Å². The van der Waals surface area contributed by atoms with Gasteiger partial charge >= 0.3 is 0 Å². The molecule has 182 valence electrons. The second kappa shape index (κ2) is 9.51. The van der Waals surface area contributed by atoms with Gasteiger partial charge in [-0.1, -0.05) is 29.8 Å². The highest BCUT2D eigenvalue weighted by molar-refractivity contribution is 6.42. The van der Waals surface area contributed by atoms with E-state index >= 15 is 0 Å². The Morgan fingerprint density at radius 3 is 2.63 bits per heavy atom. The first-order chi connectivity index (χ1) is 16.9. The van der Waals surface area contributed by atoms with Crippen molar-refractivity contribution in [1.82, 2.24) is 14.9 Å². The molecule has 2 N–H and O–H groups in total. The summed E-state index contributed by atoms with van der Waals surface area (Å²) >= 11 is 11.9. The van der Waals surface area contributed by atoms with Gasteiger partial charge in [0.25, 0.3) is 0 Å². The second-order valence-electron chi connectivity index (χ2n) is 8.79. The molecular weight excluding hydrogens is 492 g/mol. The first-order valence-electron chi connectivity index (χ1n) is 11.3. The van der Waals surface area contributed by atoms with E-state index in [1.54, 1.807) is 7.11 Å². The maximum atomic E-state index is 14.7. The molecule has 10 heteroatoms. The smallest absolute Gasteiger partial charge is 0.246 e. The maximum absolute atomic E-state index is 14.7. The number of rotatable bonds is 6. The molecule has 0 aliphatic carbocycles. The summed E-state index contributed by atoms with van der Waals surface area (Å²) in [6.07, 6.45) is 6.46. The number of nitrogens with zero attached hydrogens (tertiary/aromatic N) is 3. The van der Waals surface area contributed by atoms with Gasteiger partial charge < -0.3 is 20.3 Å². The fourth-order valence-electron chi connectivity index (χ4n) is 5.20. The Morgan fingerprint density at radius 2 is 1.94 bits per heavy atom. The van der Waals surface area contributed by atoms with Gasteiger partial charge in [0.1, 0.15) is 17.9 Å². The SMILES string of the molecule is C=CC(=O)N1[C@@H]2CC[C@H]1C[C@H](Nc1cc3c(Nc4ccc(Cl)c(Cl)c4F)ncnc3cc1OC)C2. The number of fused-ring (bicyclic) bond motifs is 3. The van der Waals surface area contributed by atoms with Gasteiger partial charge in [0, 0.05) is 29.6 Å². The van der Waals surface area contributed by atoms with Gasteiger partial charge in [-0.15, -0.1) is 0 Å². The number of amides is 1. The fourth-order valence-corrected chi connectivity index (χ4v) is 5.51. The van der Waals surface area contributed by atoms with Crippen LogP contribution in [0.5, 0.6) is 5.75 Å². The van der Waals surface area contributed by atoms with Crippen LogP contribution in [0.15, 0.2) is 43.2 Å². The molecule has 2 aromatic carbocycles. The molecule has 2 aliphatic heterocycles. The van der Waals surface area contributed by atoms with Gasteiger partial charge in [-0.25, -0.2) is 14.4 Å². The van der Waals surface area contributed by atoms with Crippen LogP contribution >= 0.6 is 23.2 Å². The predicted octanol–water partition coefficient (Wildman–Crippen LogP) is 5.95. The molecule has 3 heterocycles. The lowest BCUT2D eigenvalue weighted by Gasteiger charge is -2.39. The zero-order valence-electron chi connectivity index (χ0n) is 19.0. The first-order valence-corrected chi connectivity index (χ1v) is 12.1. The molecule has 7 nitrogen and oxygen atoms in total. The molecule has 2 bridgehead atoms. The van der Waals surface area contributed by atoms with Crippen molar-refractivity contribution < 1.29 is 13.9 Å². The monoisotopic (exact) mass is 515 g/mol. The number of piperidine rings is 1. The summed E-state index contributed by atoms with van der Waals surface area (Å²) in [5, 5.41) is 7.27. The highest BCUT2D eigenvalue weighted by atomic mass is 35.5. The molecule has 2 aliphatic rings. The van der Waals surface area contributed by atoms with Gasteiger partial charge in [0.15, 0.2) is 5.82 Å². The molecule has 0 radical (unpaired) electrons. The van der Waals surface area contributed by atoms with Crippen LogP contribution in [-0.2, 0) is 4.79 Å². The average molecular weight is 516 g/mol. The highest BCUT2D eigenvalue weighted by Crippen LogP contribution is 2.40. The van der Waals surface area contributed by atoms with Crippen molar-refractivity contribution in [2.75, 3.05) is 17.7 Å². The van der Waals surface area contributed by atoms with Crippen molar-refractivity contribution >= 4 is 57.2 Å². The van der Waals surface area contributed by atoms with E-state index in [4.69, 9.17) is 27.9 Å². The third-order valence-electron chi connectivity index (χ3n) is 6.77. The van der Waals surface area contributed by atoms with Crippen molar-refractivity contribution in [3.8, 4) is 5.75 Å². The third kappa shape index (κ3) is 4.36. The number of halogens is 3. The van der Waals surface area contributed by atoms with Gasteiger partial charge in [-0.05, 0) is 50.0 Å². The van der Waals surface area contributed by atoms with Crippen LogP contribution in [0.25, 0.3) is 10.9 Å². The largest absolute Gasteiger partial charge is 0.495 e. The molecule has 0 spiro atoms. The van der Waals surface area contributed by atoms with E-state index in [2.05, 4.69) is 27.2 Å². The van der Waals surface area contributed by atoms with E-state index < -0.39 is 5.82 Å². The second-order valence-corrected chi connectivity index (χ2v) is 9.57. The lowest BCUT2D eigenvalue weighted by molar-refractivity contribution is -0.130. The summed E-state index contributed by atoms with van der Waals surface area (Å²) in [4.78, 5) is 22.9. The number of ether oxygens (including phenoxy) is 1. The summed E-state index contributed by atoms with van der Waals surface area (Å²) in [6, 6.07) is 7.31. The Kier molecular flexibility index (Phi) is 6.42. The third-order valence-corrected chi connectivity index (χ3v) is 7.55. The zero-order chi connectivity index (χ0) is 24.7. The highest BCUT2D eigenvalue weighted by Gasteiger charge is 2.42. The van der Waals surface area contributed by atoms with Crippen LogP contribution in [-0.4, -0.2) is 46.0 Å². The summed E-state index contributed by atoms with van der Waals surface area (Å²) < 4.78 is 20.3. The summed E-state index contributed by atoms with van der Waals surface area (Å²) in [5.74, 6) is 0.403. The van der Waals surface area contributed by atoms with E-state index in [1.807, 2.05) is 17.0 Å². The van der Waals surface area contributed by atoms with Crippen LogP contribution in [0.2, 0.25) is 10.0 Å². The molecule has 5 rings (SSSR count). The molecule has 3 atom stereocenters. The minimum atomic E-state index is -0.658. The quantitative estimate of drug-likeness (QED) is 0.312. The van der Waals surface area contributed by atoms with Crippen LogP contribution in [0.4, 0.5) is 21.6 Å². The first kappa shape index (κ1) is 23.6. The molecular formula is C25H24Cl2FN5O2. The minimum Gasteiger partial charge on any atom is -0.495 e. The predicted molar refractivity (Wildman–Crippen MR) is 136 cm³/mol. The molecule has 35 heavy (non-hydrogen) atoms. The average Bonchev–Trinajstić information content (AvgIpc) is 3.13. The Morgan fingerprint density at radius 1 is 1.20 bits per heavy atom. The summed E-state index contributed by atoms with van der Waals surface area (Å²) in [6.45, 7) is 3.65. The van der Waals surface area contributed by atoms with Gasteiger partial charge in [0.05, 0.1) is 34.0 Å². The standard InChI is InChI=1S/C25H24Cl2FN5O2/c1-3-22(34)33-14-4-5-15(33)9-13(8-14)31-20-10-16-19(11-21(20)35-2)29-12-30-25(16)32-18-7-6-17(26)23(27)24(18)28/h3,6-7,10-15,31H,1,4-5,8-9H2,2H3,(H,29,30,32)/t13-,14-,15+. The number of aromatic nitrogens is 2. The number of methoxy groups -OCH3 is 1. The Balaban J connectivity index is 1.45. The van der Waals surface area contributed by atoms with E-state index in [0.29, 0.717) is 22.5 Å².